The molecular formula is C19H28N2O6. The Balaban J connectivity index is 1.86. The summed E-state index contributed by atoms with van der Waals surface area (Å²) in [6.45, 7) is 6.61. The number of aliphatic hydroxyl groups excluding tert-OH is 2. The molecule has 0 bridgehead atoms. The Morgan fingerprint density at radius 3 is 2.67 bits per heavy atom. The molecule has 8 heteroatoms. The van der Waals surface area contributed by atoms with Crippen LogP contribution in [0.4, 0.5) is 0 Å². The second-order valence-electron chi connectivity index (χ2n) is 6.97. The Hall–Kier alpha value is -2.00. The van der Waals surface area contributed by atoms with E-state index in [9.17, 15) is 19.8 Å². The molecule has 27 heavy (non-hydrogen) atoms. The summed E-state index contributed by atoms with van der Waals surface area (Å²) in [7, 11) is 0. The highest BCUT2D eigenvalue weighted by molar-refractivity contribution is 5.02. The van der Waals surface area contributed by atoms with Crippen molar-refractivity contribution in [2.75, 3.05) is 13.2 Å². The second-order valence-corrected chi connectivity index (χ2v) is 6.97. The van der Waals surface area contributed by atoms with Crippen LogP contribution in [0.1, 0.15) is 39.8 Å². The molecule has 0 saturated carbocycles. The predicted molar refractivity (Wildman–Crippen MR) is 100 cm³/mol. The van der Waals surface area contributed by atoms with Gasteiger partial charge in [-0.05, 0) is 33.6 Å². The third-order valence-corrected chi connectivity index (χ3v) is 4.39. The van der Waals surface area contributed by atoms with Gasteiger partial charge in [0.05, 0.1) is 13.2 Å². The summed E-state index contributed by atoms with van der Waals surface area (Å²) in [5, 5.41) is 20.3. The van der Waals surface area contributed by atoms with Crippen LogP contribution in [0.15, 0.2) is 45.2 Å². The number of ether oxygens (including phenoxy) is 2. The lowest BCUT2D eigenvalue weighted by molar-refractivity contribution is -0.0652. The molecule has 1 aliphatic heterocycles. The Morgan fingerprint density at radius 2 is 2.00 bits per heavy atom. The number of H-pyrrole nitrogens is 1. The lowest BCUT2D eigenvalue weighted by atomic mass is 10.1. The van der Waals surface area contributed by atoms with Crippen molar-refractivity contribution >= 4 is 0 Å². The van der Waals surface area contributed by atoms with Crippen LogP contribution in [0.25, 0.3) is 0 Å². The van der Waals surface area contributed by atoms with Gasteiger partial charge in [0.2, 0.25) is 0 Å². The summed E-state index contributed by atoms with van der Waals surface area (Å²) in [5.41, 5.74) is 1.24. The normalized spacial score (nSPS) is 25.6. The van der Waals surface area contributed by atoms with Crippen molar-refractivity contribution in [1.29, 1.82) is 0 Å². The number of aromatic amines is 1. The minimum Gasteiger partial charge on any atom is -0.387 e. The van der Waals surface area contributed by atoms with Gasteiger partial charge in [-0.1, -0.05) is 23.3 Å². The monoisotopic (exact) mass is 380 g/mol. The minimum absolute atomic E-state index is 0.0740. The van der Waals surface area contributed by atoms with E-state index in [0.29, 0.717) is 6.61 Å². The number of aliphatic hydroxyl groups is 2. The summed E-state index contributed by atoms with van der Waals surface area (Å²) in [4.78, 5) is 25.1. The fraction of sp³-hybridized carbons (Fsp3) is 0.579. The van der Waals surface area contributed by atoms with E-state index in [1.165, 1.54) is 17.3 Å². The van der Waals surface area contributed by atoms with E-state index in [2.05, 4.69) is 24.9 Å². The molecule has 1 aliphatic rings. The van der Waals surface area contributed by atoms with E-state index in [0.717, 1.165) is 23.5 Å². The van der Waals surface area contributed by atoms with Gasteiger partial charge in [-0.25, -0.2) is 4.79 Å². The summed E-state index contributed by atoms with van der Waals surface area (Å²) in [6.07, 6.45) is 2.96. The Bertz CT molecular complexity index is 790. The predicted octanol–water partition coefficient (Wildman–Crippen LogP) is 0.865. The molecule has 0 spiro atoms. The zero-order chi connectivity index (χ0) is 20.0. The standard InChI is InChI=1S/C19H28N2O6/c1-12(2)5-4-6-13(3)8-10-26-11-14-16(23)17(24)18(27-14)21-9-7-15(22)20-19(21)25/h5,7-9,14,16-18,23-24H,4,6,10-11H2,1-3H3,(H,20,22,25)/b13-8+. The van der Waals surface area contributed by atoms with Crippen molar-refractivity contribution in [2.24, 2.45) is 0 Å². The molecule has 3 N–H and O–H groups in total. The number of allylic oxidation sites excluding steroid dienone is 3. The fourth-order valence-corrected chi connectivity index (χ4v) is 2.80. The SMILES string of the molecule is CC(C)=CCC/C(C)=C/COCC1OC(n2ccc(=O)[nH]c2=O)C(O)C1O. The van der Waals surface area contributed by atoms with E-state index in [4.69, 9.17) is 9.47 Å². The number of nitrogens with zero attached hydrogens (tertiary/aromatic N) is 1. The summed E-state index contributed by atoms with van der Waals surface area (Å²) >= 11 is 0. The fourth-order valence-electron chi connectivity index (χ4n) is 2.80. The quantitative estimate of drug-likeness (QED) is 0.455. The molecule has 4 unspecified atom stereocenters. The first-order valence-corrected chi connectivity index (χ1v) is 8.99. The molecule has 1 saturated heterocycles. The first kappa shape index (κ1) is 21.3. The van der Waals surface area contributed by atoms with Gasteiger partial charge in [-0.15, -0.1) is 0 Å². The average molecular weight is 380 g/mol. The van der Waals surface area contributed by atoms with Crippen molar-refractivity contribution in [3.8, 4) is 0 Å². The van der Waals surface area contributed by atoms with Crippen molar-refractivity contribution in [3.05, 3.63) is 56.4 Å². The Kier molecular flexibility index (Phi) is 7.73. The van der Waals surface area contributed by atoms with E-state index >= 15 is 0 Å². The first-order chi connectivity index (χ1) is 12.8. The van der Waals surface area contributed by atoms with E-state index in [1.54, 1.807) is 0 Å². The highest BCUT2D eigenvalue weighted by Crippen LogP contribution is 2.28. The molecule has 1 fully saturated rings. The maximum Gasteiger partial charge on any atom is 0.330 e. The van der Waals surface area contributed by atoms with Crippen molar-refractivity contribution in [2.45, 2.75) is 58.2 Å². The lowest BCUT2D eigenvalue weighted by Gasteiger charge is -2.16. The van der Waals surface area contributed by atoms with Crippen LogP contribution in [-0.2, 0) is 9.47 Å². The summed E-state index contributed by atoms with van der Waals surface area (Å²) in [6, 6.07) is 1.15. The zero-order valence-electron chi connectivity index (χ0n) is 15.9. The van der Waals surface area contributed by atoms with Gasteiger partial charge in [-0.3, -0.25) is 14.3 Å². The van der Waals surface area contributed by atoms with Crippen LogP contribution in [0.5, 0.6) is 0 Å². The van der Waals surface area contributed by atoms with E-state index < -0.39 is 35.8 Å². The van der Waals surface area contributed by atoms with Gasteiger partial charge in [0.25, 0.3) is 5.56 Å². The molecule has 4 atom stereocenters. The molecule has 2 heterocycles. The van der Waals surface area contributed by atoms with Crippen molar-refractivity contribution in [1.82, 2.24) is 9.55 Å². The van der Waals surface area contributed by atoms with Crippen LogP contribution in [0.3, 0.4) is 0 Å². The van der Waals surface area contributed by atoms with Gasteiger partial charge in [-0.2, -0.15) is 0 Å². The average Bonchev–Trinajstić information content (AvgIpc) is 2.87. The van der Waals surface area contributed by atoms with Gasteiger partial charge < -0.3 is 19.7 Å². The minimum atomic E-state index is -1.30. The summed E-state index contributed by atoms with van der Waals surface area (Å²) in [5.74, 6) is 0. The second kappa shape index (κ2) is 9.80. The van der Waals surface area contributed by atoms with Gasteiger partial charge >= 0.3 is 5.69 Å². The number of aromatic nitrogens is 2. The molecule has 0 amide bonds. The number of rotatable bonds is 8. The molecule has 1 aromatic heterocycles. The molecule has 2 rings (SSSR count). The molecule has 150 valence electrons. The maximum absolute atomic E-state index is 11.8. The molecule has 1 aromatic rings. The van der Waals surface area contributed by atoms with Crippen LogP contribution in [0.2, 0.25) is 0 Å². The summed E-state index contributed by atoms with van der Waals surface area (Å²) < 4.78 is 12.2. The van der Waals surface area contributed by atoms with E-state index in [-0.39, 0.29) is 6.61 Å². The van der Waals surface area contributed by atoms with Crippen molar-refractivity contribution in [3.63, 3.8) is 0 Å². The number of hydrogen-bond donors (Lipinski definition) is 3. The first-order valence-electron chi connectivity index (χ1n) is 8.99. The molecule has 8 nitrogen and oxygen atoms in total. The molecule has 0 radical (unpaired) electrons. The van der Waals surface area contributed by atoms with Gasteiger partial charge in [0.1, 0.15) is 18.3 Å². The van der Waals surface area contributed by atoms with Crippen LogP contribution in [0, 0.1) is 0 Å². The highest BCUT2D eigenvalue weighted by Gasteiger charge is 2.44. The van der Waals surface area contributed by atoms with Crippen LogP contribution >= 0.6 is 0 Å². The third-order valence-electron chi connectivity index (χ3n) is 4.39. The molecular weight excluding hydrogens is 352 g/mol. The Labute approximate surface area is 157 Å². The Morgan fingerprint density at radius 1 is 1.26 bits per heavy atom. The third kappa shape index (κ3) is 6.00. The zero-order valence-corrected chi connectivity index (χ0v) is 15.9. The lowest BCUT2D eigenvalue weighted by Crippen LogP contribution is -2.37. The smallest absolute Gasteiger partial charge is 0.330 e. The largest absolute Gasteiger partial charge is 0.387 e. The molecule has 0 aromatic carbocycles. The number of hydrogen-bond acceptors (Lipinski definition) is 6. The van der Waals surface area contributed by atoms with Gasteiger partial charge in [0.15, 0.2) is 6.23 Å². The maximum atomic E-state index is 11.8. The number of nitrogens with one attached hydrogen (secondary N) is 1. The van der Waals surface area contributed by atoms with Crippen LogP contribution < -0.4 is 11.2 Å². The van der Waals surface area contributed by atoms with Crippen LogP contribution in [-0.4, -0.2) is 51.3 Å². The highest BCUT2D eigenvalue weighted by atomic mass is 16.6. The topological polar surface area (TPSA) is 114 Å². The van der Waals surface area contributed by atoms with Crippen molar-refractivity contribution < 1.29 is 19.7 Å². The molecule has 0 aliphatic carbocycles. The van der Waals surface area contributed by atoms with Gasteiger partial charge in [0, 0.05) is 12.3 Å². The van der Waals surface area contributed by atoms with E-state index in [1.807, 2.05) is 13.0 Å².